The first-order chi connectivity index (χ1) is 2.27. The molecular weight excluding hydrogens is 95.1 g/mol. The first-order valence-corrected chi connectivity index (χ1v) is 5.75. The molecule has 0 nitrogen and oxygen atoms in total. The van der Waals surface area contributed by atoms with Gasteiger partial charge in [-0.25, -0.2) is 0 Å². The molecule has 0 atom stereocenters. The Morgan fingerprint density at radius 3 is 1.80 bits per heavy atom. The van der Waals surface area contributed by atoms with Crippen LogP contribution in [0.1, 0.15) is 0 Å². The van der Waals surface area contributed by atoms with Crippen molar-refractivity contribution in [2.45, 2.75) is 0 Å². The van der Waals surface area contributed by atoms with Gasteiger partial charge in [-0.05, 0) is 19.1 Å². The molecule has 0 radical (unpaired) electrons. The molecule has 0 fully saturated rings. The molecule has 0 aliphatic rings. The van der Waals surface area contributed by atoms with Gasteiger partial charge in [0, 0.05) is 10.2 Å². The summed E-state index contributed by atoms with van der Waals surface area (Å²) in [6, 6.07) is 0. The Balaban J connectivity index is 2.54. The predicted octanol–water partition coefficient (Wildman–Crippen LogP) is 0.0508. The van der Waals surface area contributed by atoms with Crippen molar-refractivity contribution in [2.75, 3.05) is 19.1 Å². The first-order valence-electron chi connectivity index (χ1n) is 1.92. The van der Waals surface area contributed by atoms with Gasteiger partial charge in [-0.3, -0.25) is 0 Å². The van der Waals surface area contributed by atoms with E-state index in [2.05, 4.69) is 13.3 Å². The van der Waals surface area contributed by atoms with Crippen LogP contribution in [-0.2, 0) is 0 Å². The quantitative estimate of drug-likeness (QED) is 0.327. The maximum Gasteiger partial charge on any atom is 0.00818 e. The summed E-state index contributed by atoms with van der Waals surface area (Å²) >= 11 is 0. The Morgan fingerprint density at radius 2 is 1.80 bits per heavy atom. The van der Waals surface area contributed by atoms with Crippen molar-refractivity contribution in [2.24, 2.45) is 0 Å². The van der Waals surface area contributed by atoms with Crippen LogP contribution < -0.4 is 0 Å². The summed E-state index contributed by atoms with van der Waals surface area (Å²) < 4.78 is 0. The number of hydrogen-bond donors (Lipinski definition) is 0. The van der Waals surface area contributed by atoms with E-state index in [0.29, 0.717) is 7.92 Å². The zero-order valence-corrected chi connectivity index (χ0v) is 7.05. The van der Waals surface area contributed by atoms with Gasteiger partial charge in [-0.15, -0.1) is 7.92 Å². The highest BCUT2D eigenvalue weighted by atomic mass is 31.1. The molecule has 0 aliphatic heterocycles. The maximum atomic E-state index is 2.32. The van der Waals surface area contributed by atoms with Gasteiger partial charge in [-0.1, -0.05) is 0 Å². The maximum absolute atomic E-state index is 2.32. The van der Waals surface area contributed by atoms with Gasteiger partial charge in [0.2, 0.25) is 0 Å². The van der Waals surface area contributed by atoms with Gasteiger partial charge in [0.15, 0.2) is 0 Å². The third-order valence-electron chi connectivity index (χ3n) is 0.632. The van der Waals surface area contributed by atoms with Crippen molar-refractivity contribution in [1.82, 2.24) is 0 Å². The van der Waals surface area contributed by atoms with Crippen LogP contribution >= 0.6 is 7.92 Å². The van der Waals surface area contributed by atoms with Crippen LogP contribution in [0.25, 0.3) is 0 Å². The van der Waals surface area contributed by atoms with Crippen LogP contribution in [0.3, 0.4) is 0 Å². The summed E-state index contributed by atoms with van der Waals surface area (Å²) in [4.78, 5) is 0. The van der Waals surface area contributed by atoms with Crippen LogP contribution in [0.15, 0.2) is 0 Å². The number of rotatable bonds is 1. The summed E-state index contributed by atoms with van der Waals surface area (Å²) in [6.07, 6.45) is 0. The second kappa shape index (κ2) is 2.86. The lowest BCUT2D eigenvalue weighted by atomic mass is 11.8. The van der Waals surface area contributed by atoms with Crippen LogP contribution in [0.4, 0.5) is 0 Å². The van der Waals surface area contributed by atoms with E-state index in [9.17, 15) is 0 Å². The van der Waals surface area contributed by atoms with E-state index in [-0.39, 0.29) is 0 Å². The average Bonchev–Trinajstić information content (AvgIpc) is 1.38. The van der Waals surface area contributed by atoms with Gasteiger partial charge in [0.05, 0.1) is 0 Å². The molecule has 0 unspecified atom stereocenters. The minimum atomic E-state index is 0.463. The Kier molecular flexibility index (Phi) is 3.23. The molecule has 0 heterocycles. The fourth-order valence-corrected chi connectivity index (χ4v) is 0. The summed E-state index contributed by atoms with van der Waals surface area (Å²) in [7, 11) is 1.87. The van der Waals surface area contributed by atoms with Crippen molar-refractivity contribution in [3.05, 3.63) is 0 Å². The van der Waals surface area contributed by atoms with E-state index in [1.165, 1.54) is 16.0 Å². The van der Waals surface area contributed by atoms with Gasteiger partial charge >= 0.3 is 0 Å². The van der Waals surface area contributed by atoms with Gasteiger partial charge < -0.3 is 0 Å². The molecule has 0 aromatic rings. The van der Waals surface area contributed by atoms with Gasteiger partial charge in [0.25, 0.3) is 0 Å². The van der Waals surface area contributed by atoms with E-state index in [1.807, 2.05) is 0 Å². The SMILES string of the molecule is CP(C)C[SiH3]. The lowest BCUT2D eigenvalue weighted by Crippen LogP contribution is -1.73. The molecule has 0 bridgehead atoms. The smallest absolute Gasteiger partial charge is 0.00818 e. The third-order valence-corrected chi connectivity index (χ3v) is 5.69. The van der Waals surface area contributed by atoms with Crippen molar-refractivity contribution in [3.8, 4) is 0 Å². The molecule has 0 aromatic heterocycles. The van der Waals surface area contributed by atoms with E-state index in [0.717, 1.165) is 0 Å². The van der Waals surface area contributed by atoms with E-state index in [1.54, 1.807) is 0 Å². The van der Waals surface area contributed by atoms with Gasteiger partial charge in [-0.2, -0.15) is 0 Å². The van der Waals surface area contributed by atoms with Crippen LogP contribution in [-0.4, -0.2) is 29.4 Å². The summed E-state index contributed by atoms with van der Waals surface area (Å²) in [6.45, 7) is 4.64. The summed E-state index contributed by atoms with van der Waals surface area (Å²) in [5.74, 6) is 1.51. The fraction of sp³-hybridized carbons (Fsp3) is 1.00. The Labute approximate surface area is 38.1 Å². The largest absolute Gasteiger partial charge is 0.117 e. The highest BCUT2D eigenvalue weighted by molar-refractivity contribution is 7.57. The van der Waals surface area contributed by atoms with E-state index < -0.39 is 0 Å². The van der Waals surface area contributed by atoms with E-state index in [4.69, 9.17) is 0 Å². The zero-order chi connectivity index (χ0) is 4.28. The molecular formula is C3H11PSi. The van der Waals surface area contributed by atoms with Crippen LogP contribution in [0.2, 0.25) is 0 Å². The Bertz CT molecular complexity index is 20.9. The lowest BCUT2D eigenvalue weighted by molar-refractivity contribution is 2.02. The molecule has 0 rings (SSSR count). The topological polar surface area (TPSA) is 0 Å². The molecule has 0 saturated heterocycles. The monoisotopic (exact) mass is 106 g/mol. The van der Waals surface area contributed by atoms with Crippen molar-refractivity contribution >= 4 is 18.2 Å². The predicted molar refractivity (Wildman–Crippen MR) is 33.6 cm³/mol. The van der Waals surface area contributed by atoms with Crippen LogP contribution in [0.5, 0.6) is 0 Å². The minimum absolute atomic E-state index is 0.463. The molecule has 32 valence electrons. The molecule has 0 amide bonds. The van der Waals surface area contributed by atoms with Crippen molar-refractivity contribution in [3.63, 3.8) is 0 Å². The lowest BCUT2D eigenvalue weighted by Gasteiger charge is -1.92. The third kappa shape index (κ3) is 4.65. The average molecular weight is 106 g/mol. The highest BCUT2D eigenvalue weighted by Crippen LogP contribution is 2.19. The molecule has 2 heteroatoms. The van der Waals surface area contributed by atoms with Gasteiger partial charge in [0.1, 0.15) is 0 Å². The Morgan fingerprint density at radius 1 is 1.60 bits per heavy atom. The molecule has 0 spiro atoms. The molecule has 0 N–H and O–H groups in total. The normalized spacial score (nSPS) is 10.2. The Hall–Kier alpha value is 0.647. The fourth-order valence-electron chi connectivity index (χ4n) is 0. The first kappa shape index (κ1) is 5.65. The number of hydrogen-bond acceptors (Lipinski definition) is 0. The summed E-state index contributed by atoms with van der Waals surface area (Å²) in [5.41, 5.74) is 0. The molecule has 0 saturated carbocycles. The second-order valence-corrected chi connectivity index (χ2v) is 6.09. The molecule has 0 aliphatic carbocycles. The second-order valence-electron chi connectivity index (χ2n) is 1.40. The minimum Gasteiger partial charge on any atom is -0.117 e. The zero-order valence-electron chi connectivity index (χ0n) is 4.15. The van der Waals surface area contributed by atoms with Crippen molar-refractivity contribution < 1.29 is 0 Å². The van der Waals surface area contributed by atoms with Crippen LogP contribution in [0, 0.1) is 0 Å². The molecule has 5 heavy (non-hydrogen) atoms. The van der Waals surface area contributed by atoms with Crippen molar-refractivity contribution in [1.29, 1.82) is 0 Å². The summed E-state index contributed by atoms with van der Waals surface area (Å²) in [5, 5.41) is 0. The molecule has 0 aromatic carbocycles. The highest BCUT2D eigenvalue weighted by Gasteiger charge is 1.78. The van der Waals surface area contributed by atoms with E-state index >= 15 is 0 Å². The standard InChI is InChI=1S/C3H11PSi/c1-4(2)3-5/h3H2,1-2,5H3.